The van der Waals surface area contributed by atoms with Crippen LogP contribution in [0.5, 0.6) is 0 Å². The molecule has 30 heavy (non-hydrogen) atoms. The molecule has 0 aliphatic carbocycles. The Morgan fingerprint density at radius 3 is 2.57 bits per heavy atom. The summed E-state index contributed by atoms with van der Waals surface area (Å²) in [4.78, 5) is 12.9. The molecule has 2 heterocycles. The van der Waals surface area contributed by atoms with Crippen LogP contribution in [-0.4, -0.2) is 38.5 Å². The molecule has 0 aliphatic rings. The second kappa shape index (κ2) is 10.8. The molecule has 166 valence electrons. The van der Waals surface area contributed by atoms with Crippen molar-refractivity contribution in [1.82, 2.24) is 24.8 Å². The van der Waals surface area contributed by atoms with Gasteiger partial charge in [-0.25, -0.2) is 5.43 Å². The highest BCUT2D eigenvalue weighted by molar-refractivity contribution is 5.52. The van der Waals surface area contributed by atoms with Crippen molar-refractivity contribution in [2.45, 2.75) is 66.2 Å². The highest BCUT2D eigenvalue weighted by atomic mass is 19.1. The third kappa shape index (κ3) is 6.35. The number of rotatable bonds is 11. The van der Waals surface area contributed by atoms with Crippen LogP contribution in [0.25, 0.3) is 5.70 Å². The van der Waals surface area contributed by atoms with Gasteiger partial charge in [0, 0.05) is 31.5 Å². The van der Waals surface area contributed by atoms with E-state index in [0.29, 0.717) is 30.3 Å². The predicted molar refractivity (Wildman–Crippen MR) is 121 cm³/mol. The Hall–Kier alpha value is -2.81. The molecule has 0 radical (unpaired) electrons. The summed E-state index contributed by atoms with van der Waals surface area (Å²) in [5, 5.41) is 11.9. The molecular weight excluding hydrogens is 385 g/mol. The lowest BCUT2D eigenvalue weighted by molar-refractivity contribution is 0.205. The number of pyridine rings is 1. The van der Waals surface area contributed by atoms with Gasteiger partial charge in [0.25, 0.3) is 5.56 Å². The first-order valence-corrected chi connectivity index (χ1v) is 10.4. The van der Waals surface area contributed by atoms with Crippen LogP contribution in [0.1, 0.15) is 47.5 Å². The largest absolute Gasteiger partial charge is 0.380 e. The van der Waals surface area contributed by atoms with E-state index in [1.54, 1.807) is 36.3 Å². The minimum Gasteiger partial charge on any atom is -0.380 e. The van der Waals surface area contributed by atoms with Gasteiger partial charge in [-0.1, -0.05) is 13.3 Å². The Morgan fingerprint density at radius 2 is 1.93 bits per heavy atom. The molecule has 9 heteroatoms. The first-order chi connectivity index (χ1) is 14.2. The maximum Gasteiger partial charge on any atom is 0.278 e. The normalized spacial score (nSPS) is 12.3. The van der Waals surface area contributed by atoms with E-state index in [4.69, 9.17) is 0 Å². The summed E-state index contributed by atoms with van der Waals surface area (Å²) in [5.74, 6) is -0.506. The molecule has 2 rings (SSSR count). The fraction of sp³-hybridized carbons (Fsp3) is 0.524. The first kappa shape index (κ1) is 23.5. The summed E-state index contributed by atoms with van der Waals surface area (Å²) in [5.41, 5.74) is 4.38. The topological polar surface area (TPSA) is 79.2 Å². The Morgan fingerprint density at radius 1 is 1.23 bits per heavy atom. The molecule has 8 nitrogen and oxygen atoms in total. The number of nitrogens with one attached hydrogen (secondary N) is 3. The Labute approximate surface area is 177 Å². The molecule has 0 aromatic carbocycles. The number of hydrogen-bond acceptors (Lipinski definition) is 6. The number of aromatic nitrogens is 3. The van der Waals surface area contributed by atoms with Crippen LogP contribution < -0.4 is 21.6 Å². The van der Waals surface area contributed by atoms with Crippen molar-refractivity contribution in [3.63, 3.8) is 0 Å². The smallest absolute Gasteiger partial charge is 0.278 e. The van der Waals surface area contributed by atoms with Crippen molar-refractivity contribution < 1.29 is 4.39 Å². The molecule has 3 N–H and O–H groups in total. The van der Waals surface area contributed by atoms with Crippen molar-refractivity contribution >= 4 is 17.1 Å². The highest BCUT2D eigenvalue weighted by Gasteiger charge is 2.16. The van der Waals surface area contributed by atoms with Crippen LogP contribution >= 0.6 is 0 Å². The summed E-state index contributed by atoms with van der Waals surface area (Å²) < 4.78 is 18.4. The third-order valence-corrected chi connectivity index (χ3v) is 4.26. The van der Waals surface area contributed by atoms with Gasteiger partial charge in [0.1, 0.15) is 12.4 Å². The second-order valence-electron chi connectivity index (χ2n) is 7.83. The van der Waals surface area contributed by atoms with Gasteiger partial charge in [-0.3, -0.25) is 19.1 Å². The van der Waals surface area contributed by atoms with E-state index in [1.807, 2.05) is 40.8 Å². The van der Waals surface area contributed by atoms with Gasteiger partial charge in [-0.15, -0.1) is 0 Å². The Bertz CT molecular complexity index is 901. The molecule has 0 amide bonds. The maximum absolute atomic E-state index is 15.3. The molecule has 0 aliphatic heterocycles. The zero-order valence-corrected chi connectivity index (χ0v) is 18.7. The van der Waals surface area contributed by atoms with Gasteiger partial charge in [0.2, 0.25) is 5.95 Å². The lowest BCUT2D eigenvalue weighted by Crippen LogP contribution is -2.36. The van der Waals surface area contributed by atoms with E-state index >= 15 is 4.39 Å². The van der Waals surface area contributed by atoms with E-state index in [2.05, 4.69) is 21.2 Å². The number of halogens is 1. The molecule has 0 saturated carbocycles. The molecule has 2 aromatic heterocycles. The minimum atomic E-state index is -0.506. The molecule has 0 spiro atoms. The Kier molecular flexibility index (Phi) is 8.46. The SMILES string of the molecule is CCC/C(=C(/F)N(C)NCn1cc(NC(C)C)cn1)n1cccc(NC(C)C)c1=O. The molecule has 2 aromatic rings. The number of anilines is 2. The van der Waals surface area contributed by atoms with Gasteiger partial charge in [0.15, 0.2) is 0 Å². The third-order valence-electron chi connectivity index (χ3n) is 4.26. The van der Waals surface area contributed by atoms with Crippen LogP contribution in [-0.2, 0) is 6.67 Å². The Balaban J connectivity index is 2.21. The summed E-state index contributed by atoms with van der Waals surface area (Å²) >= 11 is 0. The van der Waals surface area contributed by atoms with E-state index in [0.717, 1.165) is 5.69 Å². The number of allylic oxidation sites excluding steroid dienone is 1. The summed E-state index contributed by atoms with van der Waals surface area (Å²) in [6.45, 7) is 10.2. The fourth-order valence-corrected chi connectivity index (χ4v) is 2.99. The van der Waals surface area contributed by atoms with Crippen LogP contribution in [0.3, 0.4) is 0 Å². The zero-order chi connectivity index (χ0) is 22.3. The number of hydrazine groups is 1. The van der Waals surface area contributed by atoms with Crippen molar-refractivity contribution in [3.8, 4) is 0 Å². The van der Waals surface area contributed by atoms with Gasteiger partial charge in [-0.05, 0) is 46.2 Å². The molecule has 0 atom stereocenters. The maximum atomic E-state index is 15.3. The van der Waals surface area contributed by atoms with Gasteiger partial charge in [-0.2, -0.15) is 9.49 Å². The van der Waals surface area contributed by atoms with Crippen molar-refractivity contribution in [2.24, 2.45) is 0 Å². The van der Waals surface area contributed by atoms with Crippen molar-refractivity contribution in [1.29, 1.82) is 0 Å². The van der Waals surface area contributed by atoms with Crippen LogP contribution in [0.2, 0.25) is 0 Å². The predicted octanol–water partition coefficient (Wildman–Crippen LogP) is 3.68. The lowest BCUT2D eigenvalue weighted by Gasteiger charge is -2.22. The van der Waals surface area contributed by atoms with E-state index in [9.17, 15) is 4.79 Å². The zero-order valence-electron chi connectivity index (χ0n) is 18.7. The molecule has 0 fully saturated rings. The van der Waals surface area contributed by atoms with Gasteiger partial charge >= 0.3 is 0 Å². The second-order valence-corrected chi connectivity index (χ2v) is 7.83. The quantitative estimate of drug-likeness (QED) is 0.381. The lowest BCUT2D eigenvalue weighted by atomic mass is 10.2. The highest BCUT2D eigenvalue weighted by Crippen LogP contribution is 2.19. The van der Waals surface area contributed by atoms with E-state index in [-0.39, 0.29) is 18.3 Å². The van der Waals surface area contributed by atoms with Crippen LogP contribution in [0, 0.1) is 0 Å². The minimum absolute atomic E-state index is 0.102. The standard InChI is InChI=1S/C21H34FN7O/c1-7-9-19(29-11-8-10-18(21(29)30)26-16(4)5)20(22)27(6)24-14-28-13-17(12-23-28)25-15(2)3/h8,10-13,15-16,24-26H,7,9,14H2,1-6H3/b20-19+. The number of nitrogens with zero attached hydrogens (tertiary/aromatic N) is 4. The first-order valence-electron chi connectivity index (χ1n) is 10.4. The van der Waals surface area contributed by atoms with E-state index in [1.165, 1.54) is 9.58 Å². The van der Waals surface area contributed by atoms with Gasteiger partial charge < -0.3 is 10.6 Å². The molecule has 0 saturated heterocycles. The molecule has 0 unspecified atom stereocenters. The summed E-state index contributed by atoms with van der Waals surface area (Å²) in [6.07, 6.45) is 6.30. The van der Waals surface area contributed by atoms with Crippen LogP contribution in [0.4, 0.5) is 15.8 Å². The monoisotopic (exact) mass is 419 g/mol. The fourth-order valence-electron chi connectivity index (χ4n) is 2.99. The number of hydrogen-bond donors (Lipinski definition) is 3. The van der Waals surface area contributed by atoms with Gasteiger partial charge in [0.05, 0.1) is 17.6 Å². The van der Waals surface area contributed by atoms with Crippen molar-refractivity contribution in [2.75, 3.05) is 17.7 Å². The average molecular weight is 420 g/mol. The molecule has 0 bridgehead atoms. The summed E-state index contributed by atoms with van der Waals surface area (Å²) in [7, 11) is 1.59. The van der Waals surface area contributed by atoms with Crippen LogP contribution in [0.15, 0.2) is 41.5 Å². The molecular formula is C21H34FN7O. The summed E-state index contributed by atoms with van der Waals surface area (Å²) in [6, 6.07) is 3.86. The average Bonchev–Trinajstić information content (AvgIpc) is 3.12. The van der Waals surface area contributed by atoms with E-state index < -0.39 is 5.95 Å². The van der Waals surface area contributed by atoms with Crippen molar-refractivity contribution in [3.05, 3.63) is 47.0 Å².